The van der Waals surface area contributed by atoms with E-state index in [1.165, 1.54) is 0 Å². The van der Waals surface area contributed by atoms with Crippen LogP contribution in [0, 0.1) is 0 Å². The Bertz CT molecular complexity index is 224. The second kappa shape index (κ2) is 4.02. The van der Waals surface area contributed by atoms with Gasteiger partial charge in [0.2, 0.25) is 0 Å². The van der Waals surface area contributed by atoms with Crippen molar-refractivity contribution in [2.45, 2.75) is 7.43 Å². The lowest BCUT2D eigenvalue weighted by Crippen LogP contribution is -1.75. The molecule has 4 heteroatoms. The van der Waals surface area contributed by atoms with E-state index in [0.717, 1.165) is 0 Å². The number of hydrogen-bond donors (Lipinski definition) is 0. The van der Waals surface area contributed by atoms with Crippen LogP contribution in [0.5, 0.6) is 0 Å². The number of nitrogens with zero attached hydrogens (tertiary/aromatic N) is 1. The van der Waals surface area contributed by atoms with Gasteiger partial charge in [0, 0.05) is 0 Å². The van der Waals surface area contributed by atoms with Gasteiger partial charge < -0.3 is 0 Å². The SMILES string of the molecule is C.Clc1ccc(Cl)c(Cl)n1. The molecular formula is C6H6Cl3N. The van der Waals surface area contributed by atoms with E-state index in [-0.39, 0.29) is 12.6 Å². The fourth-order valence-electron chi connectivity index (χ4n) is 0.395. The highest BCUT2D eigenvalue weighted by Gasteiger charge is 1.96. The van der Waals surface area contributed by atoms with Gasteiger partial charge in [0.25, 0.3) is 0 Å². The Balaban J connectivity index is 0.000000810. The van der Waals surface area contributed by atoms with Crippen LogP contribution in [-0.4, -0.2) is 4.98 Å². The number of pyridine rings is 1. The molecule has 0 amide bonds. The van der Waals surface area contributed by atoms with E-state index in [1.807, 2.05) is 0 Å². The summed E-state index contributed by atoms with van der Waals surface area (Å²) < 4.78 is 0. The first kappa shape index (κ1) is 10.0. The molecule has 0 aliphatic carbocycles. The maximum atomic E-state index is 5.53. The molecule has 0 aliphatic heterocycles. The Morgan fingerprint density at radius 3 is 2.10 bits per heavy atom. The number of hydrogen-bond acceptors (Lipinski definition) is 1. The van der Waals surface area contributed by atoms with Gasteiger partial charge in [-0.05, 0) is 12.1 Å². The van der Waals surface area contributed by atoms with Gasteiger partial charge in [-0.25, -0.2) is 4.98 Å². The lowest BCUT2D eigenvalue weighted by atomic mass is 10.5. The smallest absolute Gasteiger partial charge is 0.149 e. The Morgan fingerprint density at radius 2 is 1.70 bits per heavy atom. The molecule has 1 heterocycles. The van der Waals surface area contributed by atoms with Crippen molar-refractivity contribution in [1.29, 1.82) is 0 Å². The van der Waals surface area contributed by atoms with E-state index in [1.54, 1.807) is 12.1 Å². The molecule has 0 saturated heterocycles. The molecule has 0 spiro atoms. The van der Waals surface area contributed by atoms with Gasteiger partial charge in [-0.3, -0.25) is 0 Å². The molecular weight excluding hydrogens is 192 g/mol. The Kier molecular flexibility index (Phi) is 4.02. The number of aromatic nitrogens is 1. The van der Waals surface area contributed by atoms with Gasteiger partial charge in [0.05, 0.1) is 5.02 Å². The Morgan fingerprint density at radius 1 is 1.10 bits per heavy atom. The zero-order chi connectivity index (χ0) is 6.85. The van der Waals surface area contributed by atoms with Gasteiger partial charge in [-0.2, -0.15) is 0 Å². The Hall–Kier alpha value is 0.0200. The van der Waals surface area contributed by atoms with E-state index in [9.17, 15) is 0 Å². The molecule has 1 aromatic rings. The quantitative estimate of drug-likeness (QED) is 0.580. The summed E-state index contributed by atoms with van der Waals surface area (Å²) in [5.74, 6) is 0. The highest BCUT2D eigenvalue weighted by Crippen LogP contribution is 2.20. The molecule has 1 aromatic heterocycles. The standard InChI is InChI=1S/C5H2Cl3N.CH4/c6-3-1-2-4(7)9-5(3)8;/h1-2H;1H4. The maximum Gasteiger partial charge on any atom is 0.149 e. The molecule has 1 rings (SSSR count). The first-order valence-electron chi connectivity index (χ1n) is 2.17. The third kappa shape index (κ3) is 2.33. The van der Waals surface area contributed by atoms with Gasteiger partial charge >= 0.3 is 0 Å². The molecule has 0 aromatic carbocycles. The molecule has 0 bridgehead atoms. The molecule has 0 unspecified atom stereocenters. The fourth-order valence-corrected chi connectivity index (χ4v) is 0.845. The summed E-state index contributed by atoms with van der Waals surface area (Å²) in [5.41, 5.74) is 0. The normalized spacial score (nSPS) is 8.70. The maximum absolute atomic E-state index is 5.53. The molecule has 10 heavy (non-hydrogen) atoms. The summed E-state index contributed by atoms with van der Waals surface area (Å²) in [6.07, 6.45) is 0. The van der Waals surface area contributed by atoms with Crippen LogP contribution in [0.4, 0.5) is 0 Å². The molecule has 0 radical (unpaired) electrons. The third-order valence-electron chi connectivity index (χ3n) is 0.769. The average molecular weight is 198 g/mol. The topological polar surface area (TPSA) is 12.9 Å². The van der Waals surface area contributed by atoms with E-state index in [2.05, 4.69) is 4.98 Å². The van der Waals surface area contributed by atoms with Crippen molar-refractivity contribution in [1.82, 2.24) is 4.98 Å². The van der Waals surface area contributed by atoms with Crippen LogP contribution in [-0.2, 0) is 0 Å². The first-order valence-corrected chi connectivity index (χ1v) is 3.31. The lowest BCUT2D eigenvalue weighted by molar-refractivity contribution is 1.33. The highest BCUT2D eigenvalue weighted by molar-refractivity contribution is 6.41. The summed E-state index contributed by atoms with van der Waals surface area (Å²) in [5, 5.41) is 1.01. The summed E-state index contributed by atoms with van der Waals surface area (Å²) >= 11 is 16.5. The average Bonchev–Trinajstić information content (AvgIpc) is 1.80. The van der Waals surface area contributed by atoms with Crippen molar-refractivity contribution in [2.75, 3.05) is 0 Å². The van der Waals surface area contributed by atoms with Crippen LogP contribution < -0.4 is 0 Å². The van der Waals surface area contributed by atoms with Crippen molar-refractivity contribution in [3.63, 3.8) is 0 Å². The fraction of sp³-hybridized carbons (Fsp3) is 0.167. The molecule has 0 N–H and O–H groups in total. The summed E-state index contributed by atoms with van der Waals surface area (Å²) in [6, 6.07) is 3.18. The minimum Gasteiger partial charge on any atom is -0.223 e. The molecule has 0 atom stereocenters. The second-order valence-electron chi connectivity index (χ2n) is 1.41. The summed E-state index contributed by atoms with van der Waals surface area (Å²) in [7, 11) is 0. The third-order valence-corrected chi connectivity index (χ3v) is 1.67. The van der Waals surface area contributed by atoms with Gasteiger partial charge in [-0.1, -0.05) is 42.2 Å². The largest absolute Gasteiger partial charge is 0.223 e. The van der Waals surface area contributed by atoms with E-state index >= 15 is 0 Å². The monoisotopic (exact) mass is 197 g/mol. The summed E-state index contributed by atoms with van der Waals surface area (Å²) in [6.45, 7) is 0. The van der Waals surface area contributed by atoms with Crippen LogP contribution in [0.3, 0.4) is 0 Å². The van der Waals surface area contributed by atoms with Gasteiger partial charge in [-0.15, -0.1) is 0 Å². The molecule has 0 saturated carbocycles. The van der Waals surface area contributed by atoms with Crippen LogP contribution in [0.2, 0.25) is 15.3 Å². The first-order chi connectivity index (χ1) is 4.20. The zero-order valence-corrected chi connectivity index (χ0v) is 6.50. The van der Waals surface area contributed by atoms with Crippen molar-refractivity contribution >= 4 is 34.8 Å². The van der Waals surface area contributed by atoms with E-state index in [0.29, 0.717) is 10.2 Å². The van der Waals surface area contributed by atoms with Crippen molar-refractivity contribution in [3.05, 3.63) is 27.5 Å². The summed E-state index contributed by atoms with van der Waals surface area (Å²) in [4.78, 5) is 3.67. The van der Waals surface area contributed by atoms with E-state index in [4.69, 9.17) is 34.8 Å². The van der Waals surface area contributed by atoms with Crippen LogP contribution >= 0.6 is 34.8 Å². The zero-order valence-electron chi connectivity index (χ0n) is 4.24. The van der Waals surface area contributed by atoms with Gasteiger partial charge in [0.1, 0.15) is 10.3 Å². The van der Waals surface area contributed by atoms with Gasteiger partial charge in [0.15, 0.2) is 0 Å². The van der Waals surface area contributed by atoms with Crippen LogP contribution in [0.15, 0.2) is 12.1 Å². The molecule has 56 valence electrons. The second-order valence-corrected chi connectivity index (χ2v) is 2.56. The molecule has 0 fully saturated rings. The molecule has 1 nitrogen and oxygen atoms in total. The highest BCUT2D eigenvalue weighted by atomic mass is 35.5. The Labute approximate surface area is 74.9 Å². The van der Waals surface area contributed by atoms with Crippen molar-refractivity contribution in [2.24, 2.45) is 0 Å². The minimum atomic E-state index is 0. The van der Waals surface area contributed by atoms with Crippen LogP contribution in [0.1, 0.15) is 7.43 Å². The van der Waals surface area contributed by atoms with Crippen LogP contribution in [0.25, 0.3) is 0 Å². The molecule has 0 aliphatic rings. The van der Waals surface area contributed by atoms with Crippen molar-refractivity contribution < 1.29 is 0 Å². The predicted molar refractivity (Wildman–Crippen MR) is 46.0 cm³/mol. The van der Waals surface area contributed by atoms with Crippen molar-refractivity contribution in [3.8, 4) is 0 Å². The number of halogens is 3. The lowest BCUT2D eigenvalue weighted by Gasteiger charge is -1.91. The minimum absolute atomic E-state index is 0. The number of rotatable bonds is 0. The predicted octanol–water partition coefficient (Wildman–Crippen LogP) is 3.68. The van der Waals surface area contributed by atoms with E-state index < -0.39 is 0 Å².